The van der Waals surface area contributed by atoms with Crippen LogP contribution in [0.2, 0.25) is 0 Å². The zero-order valence-corrected chi connectivity index (χ0v) is 19.5. The van der Waals surface area contributed by atoms with Gasteiger partial charge in [-0.25, -0.2) is 13.4 Å². The fourth-order valence-corrected chi connectivity index (χ4v) is 6.19. The number of sulfonamides is 1. The molecule has 10 heteroatoms. The van der Waals surface area contributed by atoms with E-state index in [1.807, 2.05) is 24.1 Å². The van der Waals surface area contributed by atoms with Crippen LogP contribution >= 0.6 is 11.3 Å². The summed E-state index contributed by atoms with van der Waals surface area (Å²) in [6, 6.07) is 4.85. The first-order valence-electron chi connectivity index (χ1n) is 10.5. The van der Waals surface area contributed by atoms with E-state index >= 15 is 0 Å². The maximum atomic E-state index is 13.3. The summed E-state index contributed by atoms with van der Waals surface area (Å²) in [5.74, 6) is -0.117. The van der Waals surface area contributed by atoms with Gasteiger partial charge in [0.15, 0.2) is 5.13 Å². The van der Waals surface area contributed by atoms with Crippen LogP contribution in [0.4, 0.5) is 5.13 Å². The Morgan fingerprint density at radius 2 is 1.84 bits per heavy atom. The lowest BCUT2D eigenvalue weighted by Crippen LogP contribution is -2.40. The highest BCUT2D eigenvalue weighted by Crippen LogP contribution is 2.24. The molecule has 4 rings (SSSR count). The highest BCUT2D eigenvalue weighted by Gasteiger charge is 2.29. The molecule has 0 radical (unpaired) electrons. The van der Waals surface area contributed by atoms with Gasteiger partial charge in [0.25, 0.3) is 5.91 Å². The quantitative estimate of drug-likeness (QED) is 0.689. The van der Waals surface area contributed by atoms with Crippen molar-refractivity contribution in [1.82, 2.24) is 14.2 Å². The molecule has 0 bridgehead atoms. The van der Waals surface area contributed by atoms with Crippen molar-refractivity contribution in [1.29, 1.82) is 0 Å². The van der Waals surface area contributed by atoms with E-state index in [9.17, 15) is 13.2 Å². The maximum Gasteiger partial charge on any atom is 0.254 e. The second kappa shape index (κ2) is 9.23. The van der Waals surface area contributed by atoms with E-state index in [-0.39, 0.29) is 10.8 Å². The van der Waals surface area contributed by atoms with Crippen LogP contribution in [0, 0.1) is 13.8 Å². The van der Waals surface area contributed by atoms with Crippen LogP contribution in [0.5, 0.6) is 0 Å². The van der Waals surface area contributed by atoms with Gasteiger partial charge in [-0.2, -0.15) is 4.31 Å². The van der Waals surface area contributed by atoms with E-state index in [0.29, 0.717) is 51.5 Å². The number of thiazole rings is 1. The van der Waals surface area contributed by atoms with Crippen molar-refractivity contribution in [2.75, 3.05) is 57.4 Å². The second-order valence-electron chi connectivity index (χ2n) is 7.90. The van der Waals surface area contributed by atoms with Crippen LogP contribution in [0.25, 0.3) is 0 Å². The predicted molar refractivity (Wildman–Crippen MR) is 120 cm³/mol. The molecule has 8 nitrogen and oxygen atoms in total. The fourth-order valence-electron chi connectivity index (χ4n) is 3.90. The smallest absolute Gasteiger partial charge is 0.254 e. The van der Waals surface area contributed by atoms with Gasteiger partial charge in [-0.1, -0.05) is 6.07 Å². The van der Waals surface area contributed by atoms with Crippen LogP contribution in [0.1, 0.15) is 28.0 Å². The number of ether oxygens (including phenoxy) is 1. The van der Waals surface area contributed by atoms with Crippen molar-refractivity contribution in [2.45, 2.75) is 25.2 Å². The Morgan fingerprint density at radius 3 is 2.55 bits per heavy atom. The Hall–Kier alpha value is -2.01. The van der Waals surface area contributed by atoms with Gasteiger partial charge in [0.05, 0.1) is 23.8 Å². The Bertz CT molecular complexity index is 1050. The topological polar surface area (TPSA) is 83.1 Å². The maximum absolute atomic E-state index is 13.3. The Balaban J connectivity index is 1.52. The summed E-state index contributed by atoms with van der Waals surface area (Å²) in [5, 5.41) is 3.02. The van der Waals surface area contributed by atoms with Crippen molar-refractivity contribution < 1.29 is 17.9 Å². The fraction of sp³-hybridized carbons (Fsp3) is 0.524. The zero-order valence-electron chi connectivity index (χ0n) is 17.9. The molecule has 0 aliphatic carbocycles. The Labute approximate surface area is 187 Å². The zero-order chi connectivity index (χ0) is 22.0. The number of benzene rings is 1. The van der Waals surface area contributed by atoms with Gasteiger partial charge < -0.3 is 14.5 Å². The molecule has 2 aliphatic rings. The lowest BCUT2D eigenvalue weighted by molar-refractivity contribution is 0.0729. The van der Waals surface area contributed by atoms with Crippen molar-refractivity contribution in [3.05, 3.63) is 40.4 Å². The lowest BCUT2D eigenvalue weighted by Gasteiger charge is -2.27. The summed E-state index contributed by atoms with van der Waals surface area (Å²) in [4.78, 5) is 22.1. The largest absolute Gasteiger partial charge is 0.379 e. The molecule has 0 atom stereocenters. The monoisotopic (exact) mass is 464 g/mol. The number of hydrogen-bond acceptors (Lipinski definition) is 7. The molecule has 31 heavy (non-hydrogen) atoms. The number of aromatic nitrogens is 1. The molecule has 0 N–H and O–H groups in total. The second-order valence-corrected chi connectivity index (χ2v) is 10.7. The predicted octanol–water partition coefficient (Wildman–Crippen LogP) is 2.13. The summed E-state index contributed by atoms with van der Waals surface area (Å²) in [6.07, 6.45) is 0.842. The van der Waals surface area contributed by atoms with E-state index in [4.69, 9.17) is 4.74 Å². The van der Waals surface area contributed by atoms with Crippen molar-refractivity contribution in [2.24, 2.45) is 0 Å². The molecule has 3 heterocycles. The summed E-state index contributed by atoms with van der Waals surface area (Å²) in [5.41, 5.74) is 2.24. The first-order valence-corrected chi connectivity index (χ1v) is 12.8. The Morgan fingerprint density at radius 1 is 1.06 bits per heavy atom. The van der Waals surface area contributed by atoms with Crippen molar-refractivity contribution in [3.8, 4) is 0 Å². The number of morpholine rings is 1. The molecule has 2 aromatic rings. The van der Waals surface area contributed by atoms with Gasteiger partial charge in [0, 0.05) is 50.2 Å². The molecular weight excluding hydrogens is 436 g/mol. The molecule has 0 spiro atoms. The van der Waals surface area contributed by atoms with Gasteiger partial charge >= 0.3 is 0 Å². The molecule has 0 unspecified atom stereocenters. The number of amides is 1. The minimum atomic E-state index is -3.65. The first-order chi connectivity index (χ1) is 14.9. The molecule has 168 valence electrons. The molecule has 1 aromatic carbocycles. The number of aryl methyl sites for hydroxylation is 2. The van der Waals surface area contributed by atoms with Crippen molar-refractivity contribution >= 4 is 32.4 Å². The van der Waals surface area contributed by atoms with Crippen molar-refractivity contribution in [3.63, 3.8) is 0 Å². The molecule has 1 aromatic heterocycles. The van der Waals surface area contributed by atoms with Gasteiger partial charge in [0.2, 0.25) is 10.0 Å². The normalized spacial score (nSPS) is 18.8. The summed E-state index contributed by atoms with van der Waals surface area (Å²) in [6.45, 7) is 8.05. The van der Waals surface area contributed by atoms with Gasteiger partial charge in [-0.15, -0.1) is 11.3 Å². The minimum absolute atomic E-state index is 0.117. The number of carbonyl (C=O) groups is 1. The van der Waals surface area contributed by atoms with Crippen LogP contribution < -0.4 is 4.90 Å². The summed E-state index contributed by atoms with van der Waals surface area (Å²) >= 11 is 1.62. The molecule has 2 saturated heterocycles. The van der Waals surface area contributed by atoms with Crippen LogP contribution in [-0.4, -0.2) is 81.0 Å². The molecule has 2 fully saturated rings. The number of hydrogen-bond donors (Lipinski definition) is 0. The standard InChI is InChI=1S/C21H28N4O4S2/c1-16-4-5-18(31(27,28)25-10-12-29-13-11-25)14-19(16)20(26)23-6-3-7-24(9-8-23)21-22-17(2)15-30-21/h4-5,14-15H,3,6-13H2,1-2H3. The van der Waals surface area contributed by atoms with E-state index in [1.165, 1.54) is 10.4 Å². The van der Waals surface area contributed by atoms with Gasteiger partial charge in [0.1, 0.15) is 0 Å². The highest BCUT2D eigenvalue weighted by molar-refractivity contribution is 7.89. The van der Waals surface area contributed by atoms with Crippen LogP contribution in [-0.2, 0) is 14.8 Å². The number of nitrogens with zero attached hydrogens (tertiary/aromatic N) is 4. The number of rotatable bonds is 4. The Kier molecular flexibility index (Phi) is 6.61. The summed E-state index contributed by atoms with van der Waals surface area (Å²) in [7, 11) is -3.65. The molecule has 0 saturated carbocycles. The van der Waals surface area contributed by atoms with Gasteiger partial charge in [-0.05, 0) is 38.0 Å². The highest BCUT2D eigenvalue weighted by atomic mass is 32.2. The SMILES string of the molecule is Cc1csc(N2CCCN(C(=O)c3cc(S(=O)(=O)N4CCOCC4)ccc3C)CC2)n1. The molecular formula is C21H28N4O4S2. The molecule has 1 amide bonds. The van der Waals surface area contributed by atoms with E-state index < -0.39 is 10.0 Å². The third kappa shape index (κ3) is 4.77. The average Bonchev–Trinajstić information content (AvgIpc) is 3.06. The van der Waals surface area contributed by atoms with Gasteiger partial charge in [-0.3, -0.25) is 4.79 Å². The third-order valence-electron chi connectivity index (χ3n) is 5.71. The first kappa shape index (κ1) is 22.2. The summed E-state index contributed by atoms with van der Waals surface area (Å²) < 4.78 is 32.8. The lowest BCUT2D eigenvalue weighted by atomic mass is 10.1. The number of anilines is 1. The third-order valence-corrected chi connectivity index (χ3v) is 8.62. The van der Waals surface area contributed by atoms with E-state index in [2.05, 4.69) is 9.88 Å². The minimum Gasteiger partial charge on any atom is -0.379 e. The average molecular weight is 465 g/mol. The molecule has 2 aliphatic heterocycles. The van der Waals surface area contributed by atoms with E-state index in [1.54, 1.807) is 23.5 Å². The van der Waals surface area contributed by atoms with Crippen LogP contribution in [0.15, 0.2) is 28.5 Å². The van der Waals surface area contributed by atoms with E-state index in [0.717, 1.165) is 29.4 Å². The van der Waals surface area contributed by atoms with Crippen LogP contribution in [0.3, 0.4) is 0 Å². The number of carbonyl (C=O) groups excluding carboxylic acids is 1.